The molecule has 0 aromatic carbocycles. The third kappa shape index (κ3) is 2.40. The van der Waals surface area contributed by atoms with Gasteiger partial charge >= 0.3 is 0 Å². The van der Waals surface area contributed by atoms with Crippen LogP contribution in [0.1, 0.15) is 47.0 Å². The second-order valence-electron chi connectivity index (χ2n) is 4.28. The molecule has 1 heteroatoms. The Bertz CT molecular complexity index is 320. The van der Waals surface area contributed by atoms with Crippen LogP contribution in [0.5, 0.6) is 0 Å². The average Bonchev–Trinajstić information content (AvgIpc) is 2.62. The largest absolute Gasteiger partial charge is 0.367 e. The quantitative estimate of drug-likeness (QED) is 0.669. The summed E-state index contributed by atoms with van der Waals surface area (Å²) >= 11 is 0. The summed E-state index contributed by atoms with van der Waals surface area (Å²) in [4.78, 5) is 2.41. The van der Waals surface area contributed by atoms with Gasteiger partial charge < -0.3 is 4.90 Å². The van der Waals surface area contributed by atoms with E-state index in [-0.39, 0.29) is 0 Å². The van der Waals surface area contributed by atoms with E-state index >= 15 is 0 Å². The van der Waals surface area contributed by atoms with Crippen LogP contribution in [0.15, 0.2) is 35.1 Å². The van der Waals surface area contributed by atoms with Crippen LogP contribution in [0, 0.1) is 0 Å². The van der Waals surface area contributed by atoms with Crippen LogP contribution in [-0.4, -0.2) is 18.0 Å². The van der Waals surface area contributed by atoms with Crippen molar-refractivity contribution in [2.24, 2.45) is 0 Å². The smallest absolute Gasteiger partial charge is 0.0435 e. The summed E-state index contributed by atoms with van der Waals surface area (Å²) in [5.74, 6) is 0. The molecule has 0 bridgehead atoms. The zero-order valence-corrected chi connectivity index (χ0v) is 11.3. The van der Waals surface area contributed by atoms with Gasteiger partial charge in [-0.2, -0.15) is 0 Å². The first-order valence-corrected chi connectivity index (χ1v) is 6.57. The summed E-state index contributed by atoms with van der Waals surface area (Å²) < 4.78 is 0. The van der Waals surface area contributed by atoms with Crippen molar-refractivity contribution in [1.29, 1.82) is 0 Å². The van der Waals surface area contributed by atoms with Gasteiger partial charge in [0.2, 0.25) is 0 Å². The molecular weight excluding hydrogens is 194 g/mol. The predicted octanol–water partition coefficient (Wildman–Crippen LogP) is 4.29. The van der Waals surface area contributed by atoms with Crippen LogP contribution in [0.3, 0.4) is 0 Å². The Kier molecular flexibility index (Phi) is 4.85. The molecule has 0 spiro atoms. The first-order valence-electron chi connectivity index (χ1n) is 6.57. The third-order valence-electron chi connectivity index (χ3n) is 3.24. The molecule has 1 heterocycles. The number of likely N-dealkylation sites (tertiary alicyclic amines) is 1. The predicted molar refractivity (Wildman–Crippen MR) is 72.4 cm³/mol. The first-order chi connectivity index (χ1) is 7.74. The molecule has 0 amide bonds. The standard InChI is InChI=1S/C13H19N.C2H6/c1-4-8-14-9-13-10(2)6-5-7-12(13)11(14)3;1-2/h7H,3-6,8-9H2,1-2H3;1-2H3. The van der Waals surface area contributed by atoms with Gasteiger partial charge in [-0.25, -0.2) is 0 Å². The van der Waals surface area contributed by atoms with Crippen molar-refractivity contribution >= 4 is 0 Å². The normalized spacial score (nSPS) is 19.1. The van der Waals surface area contributed by atoms with Crippen molar-refractivity contribution in [1.82, 2.24) is 4.90 Å². The molecule has 1 fully saturated rings. The lowest BCUT2D eigenvalue weighted by Crippen LogP contribution is -2.18. The summed E-state index contributed by atoms with van der Waals surface area (Å²) in [5.41, 5.74) is 5.81. The van der Waals surface area contributed by atoms with E-state index in [9.17, 15) is 0 Å². The summed E-state index contributed by atoms with van der Waals surface area (Å²) in [7, 11) is 0. The van der Waals surface area contributed by atoms with Gasteiger partial charge in [-0.15, -0.1) is 0 Å². The maximum Gasteiger partial charge on any atom is 0.0435 e. The number of nitrogens with zero attached hydrogens (tertiary/aromatic N) is 1. The van der Waals surface area contributed by atoms with Crippen LogP contribution in [0.4, 0.5) is 0 Å². The number of rotatable bonds is 2. The van der Waals surface area contributed by atoms with E-state index in [0.29, 0.717) is 0 Å². The fraction of sp³-hybridized carbons (Fsp3) is 0.600. The maximum absolute atomic E-state index is 4.20. The molecule has 0 aromatic heterocycles. The monoisotopic (exact) mass is 219 g/mol. The zero-order chi connectivity index (χ0) is 12.1. The van der Waals surface area contributed by atoms with Crippen molar-refractivity contribution in [3.63, 3.8) is 0 Å². The minimum absolute atomic E-state index is 1.10. The van der Waals surface area contributed by atoms with Gasteiger partial charge in [0.1, 0.15) is 0 Å². The molecule has 0 radical (unpaired) electrons. The Labute approximate surface area is 101 Å². The molecule has 0 saturated carbocycles. The van der Waals surface area contributed by atoms with Gasteiger partial charge in [0, 0.05) is 18.8 Å². The van der Waals surface area contributed by atoms with E-state index in [4.69, 9.17) is 0 Å². The molecule has 0 aromatic rings. The minimum Gasteiger partial charge on any atom is -0.367 e. The second-order valence-corrected chi connectivity index (χ2v) is 4.28. The number of fused-ring (bicyclic) bond motifs is 1. The molecule has 2 rings (SSSR count). The van der Waals surface area contributed by atoms with Crippen LogP contribution in [0.25, 0.3) is 0 Å². The molecule has 90 valence electrons. The molecule has 1 saturated heterocycles. The number of allylic oxidation sites excluding steroid dienone is 3. The fourth-order valence-electron chi connectivity index (χ4n) is 2.39. The molecule has 0 N–H and O–H groups in total. The Balaban J connectivity index is 0.000000606. The molecule has 1 aliphatic heterocycles. The number of hydrogen-bond donors (Lipinski definition) is 0. The van der Waals surface area contributed by atoms with E-state index < -0.39 is 0 Å². The lowest BCUT2D eigenvalue weighted by molar-refractivity contribution is 0.408. The van der Waals surface area contributed by atoms with E-state index in [1.165, 1.54) is 30.5 Å². The van der Waals surface area contributed by atoms with Crippen molar-refractivity contribution < 1.29 is 0 Å². The summed E-state index contributed by atoms with van der Waals surface area (Å²) in [6.45, 7) is 14.9. The molecule has 0 unspecified atom stereocenters. The van der Waals surface area contributed by atoms with Crippen LogP contribution >= 0.6 is 0 Å². The lowest BCUT2D eigenvalue weighted by atomic mass is 9.93. The van der Waals surface area contributed by atoms with E-state index in [0.717, 1.165) is 13.1 Å². The highest BCUT2D eigenvalue weighted by atomic mass is 15.2. The van der Waals surface area contributed by atoms with Gasteiger partial charge in [-0.3, -0.25) is 0 Å². The summed E-state index contributed by atoms with van der Waals surface area (Å²) in [6.07, 6.45) is 6.01. The van der Waals surface area contributed by atoms with Crippen molar-refractivity contribution in [2.45, 2.75) is 47.0 Å². The van der Waals surface area contributed by atoms with Gasteiger partial charge in [0.15, 0.2) is 0 Å². The van der Waals surface area contributed by atoms with E-state index in [1.807, 2.05) is 13.8 Å². The van der Waals surface area contributed by atoms with Crippen molar-refractivity contribution in [3.05, 3.63) is 35.1 Å². The van der Waals surface area contributed by atoms with E-state index in [1.54, 1.807) is 11.1 Å². The molecule has 2 aliphatic rings. The van der Waals surface area contributed by atoms with Crippen LogP contribution in [-0.2, 0) is 0 Å². The van der Waals surface area contributed by atoms with Gasteiger partial charge in [-0.05, 0) is 37.3 Å². The molecular formula is C15H25N. The van der Waals surface area contributed by atoms with Gasteiger partial charge in [0.25, 0.3) is 0 Å². The molecule has 1 aliphatic carbocycles. The minimum atomic E-state index is 1.10. The van der Waals surface area contributed by atoms with E-state index in [2.05, 4.69) is 31.4 Å². The highest BCUT2D eigenvalue weighted by Crippen LogP contribution is 2.37. The highest BCUT2D eigenvalue weighted by Gasteiger charge is 2.27. The topological polar surface area (TPSA) is 3.24 Å². The van der Waals surface area contributed by atoms with Crippen molar-refractivity contribution in [3.8, 4) is 0 Å². The summed E-state index contributed by atoms with van der Waals surface area (Å²) in [5, 5.41) is 0. The van der Waals surface area contributed by atoms with Gasteiger partial charge in [-0.1, -0.05) is 39.0 Å². The van der Waals surface area contributed by atoms with Crippen molar-refractivity contribution in [2.75, 3.05) is 13.1 Å². The highest BCUT2D eigenvalue weighted by molar-refractivity contribution is 5.54. The molecule has 1 nitrogen and oxygen atoms in total. The Morgan fingerprint density at radius 3 is 2.62 bits per heavy atom. The third-order valence-corrected chi connectivity index (χ3v) is 3.24. The Morgan fingerprint density at radius 2 is 2.06 bits per heavy atom. The lowest BCUT2D eigenvalue weighted by Gasteiger charge is -2.16. The zero-order valence-electron chi connectivity index (χ0n) is 11.3. The Hall–Kier alpha value is -0.980. The maximum atomic E-state index is 4.20. The Morgan fingerprint density at radius 1 is 1.38 bits per heavy atom. The first kappa shape index (κ1) is 13.1. The SMILES string of the molecule is C=C1C2=CCCC(C)=C2CN1CCC.CC. The molecule has 16 heavy (non-hydrogen) atoms. The summed E-state index contributed by atoms with van der Waals surface area (Å²) in [6, 6.07) is 0. The van der Waals surface area contributed by atoms with Gasteiger partial charge in [0.05, 0.1) is 0 Å². The van der Waals surface area contributed by atoms with Crippen LogP contribution < -0.4 is 0 Å². The molecule has 0 atom stereocenters. The second kappa shape index (κ2) is 5.93. The fourth-order valence-corrected chi connectivity index (χ4v) is 2.39. The van der Waals surface area contributed by atoms with Crippen LogP contribution in [0.2, 0.25) is 0 Å². The average molecular weight is 219 g/mol. The number of hydrogen-bond acceptors (Lipinski definition) is 1.